The number of aromatic nitrogens is 2. The topological polar surface area (TPSA) is 78.3 Å². The van der Waals surface area contributed by atoms with E-state index in [9.17, 15) is 10.2 Å². The van der Waals surface area contributed by atoms with Crippen molar-refractivity contribution >= 4 is 21.9 Å². The molecule has 0 aliphatic rings. The van der Waals surface area contributed by atoms with Crippen LogP contribution in [0.1, 0.15) is 5.56 Å². The summed E-state index contributed by atoms with van der Waals surface area (Å²) in [5.41, 5.74) is 0.926. The lowest BCUT2D eigenvalue weighted by molar-refractivity contribution is 0.403. The van der Waals surface area contributed by atoms with Gasteiger partial charge in [-0.1, -0.05) is 6.07 Å². The first-order valence-corrected chi connectivity index (χ1v) is 6.17. The van der Waals surface area contributed by atoms with Crippen molar-refractivity contribution in [2.75, 3.05) is 11.9 Å². The molecule has 1 aromatic heterocycles. The normalized spacial score (nSPS) is 10.3. The van der Waals surface area contributed by atoms with Crippen molar-refractivity contribution in [1.29, 1.82) is 0 Å². The number of halogens is 1. The summed E-state index contributed by atoms with van der Waals surface area (Å²) in [7, 11) is 0. The van der Waals surface area contributed by atoms with Crippen LogP contribution in [0.25, 0.3) is 0 Å². The maximum atomic E-state index is 9.35. The molecule has 1 aromatic carbocycles. The number of nitrogens with zero attached hydrogens (tertiary/aromatic N) is 2. The summed E-state index contributed by atoms with van der Waals surface area (Å²) in [5, 5.41) is 21.6. The maximum absolute atomic E-state index is 9.35. The Morgan fingerprint density at radius 3 is 2.50 bits per heavy atom. The first-order chi connectivity index (χ1) is 8.65. The van der Waals surface area contributed by atoms with Crippen molar-refractivity contribution in [3.05, 3.63) is 40.6 Å². The number of benzene rings is 1. The van der Waals surface area contributed by atoms with E-state index in [1.807, 2.05) is 0 Å². The molecule has 2 aromatic rings. The van der Waals surface area contributed by atoms with Crippen LogP contribution in [0.5, 0.6) is 11.5 Å². The average Bonchev–Trinajstić information content (AvgIpc) is 2.36. The quantitative estimate of drug-likeness (QED) is 0.755. The van der Waals surface area contributed by atoms with Gasteiger partial charge in [-0.05, 0) is 40.0 Å². The van der Waals surface area contributed by atoms with E-state index in [1.165, 1.54) is 6.07 Å². The minimum atomic E-state index is -0.108. The summed E-state index contributed by atoms with van der Waals surface area (Å²) in [5.74, 6) is 0.344. The van der Waals surface area contributed by atoms with E-state index >= 15 is 0 Å². The van der Waals surface area contributed by atoms with Crippen molar-refractivity contribution in [2.45, 2.75) is 6.42 Å². The van der Waals surface area contributed by atoms with Gasteiger partial charge >= 0.3 is 0 Å². The van der Waals surface area contributed by atoms with Crippen LogP contribution < -0.4 is 5.32 Å². The average molecular weight is 310 g/mol. The Labute approximate surface area is 113 Å². The van der Waals surface area contributed by atoms with Gasteiger partial charge in [-0.15, -0.1) is 0 Å². The number of nitrogens with one attached hydrogen (secondary N) is 1. The van der Waals surface area contributed by atoms with Crippen molar-refractivity contribution in [3.63, 3.8) is 0 Å². The molecule has 0 bridgehead atoms. The summed E-state index contributed by atoms with van der Waals surface area (Å²) in [6.45, 7) is 0.645. The molecular weight excluding hydrogens is 298 g/mol. The van der Waals surface area contributed by atoms with E-state index in [0.717, 1.165) is 10.0 Å². The Hall–Kier alpha value is -1.82. The van der Waals surface area contributed by atoms with Gasteiger partial charge in [-0.3, -0.25) is 0 Å². The molecule has 1 heterocycles. The van der Waals surface area contributed by atoms with Crippen molar-refractivity contribution < 1.29 is 10.2 Å². The maximum Gasteiger partial charge on any atom is 0.222 e. The minimum absolute atomic E-state index is 0.104. The van der Waals surface area contributed by atoms with E-state index in [-0.39, 0.29) is 11.5 Å². The zero-order valence-electron chi connectivity index (χ0n) is 9.47. The lowest BCUT2D eigenvalue weighted by atomic mass is 10.1. The van der Waals surface area contributed by atoms with Crippen LogP contribution in [0.3, 0.4) is 0 Å². The van der Waals surface area contributed by atoms with Crippen LogP contribution in [-0.4, -0.2) is 26.7 Å². The van der Waals surface area contributed by atoms with Crippen LogP contribution in [0, 0.1) is 0 Å². The molecule has 0 unspecified atom stereocenters. The van der Waals surface area contributed by atoms with E-state index in [2.05, 4.69) is 31.2 Å². The van der Waals surface area contributed by atoms with E-state index in [0.29, 0.717) is 18.9 Å². The fourth-order valence-electron chi connectivity index (χ4n) is 1.45. The highest BCUT2D eigenvalue weighted by atomic mass is 79.9. The second kappa shape index (κ2) is 5.68. The third kappa shape index (κ3) is 3.33. The van der Waals surface area contributed by atoms with Gasteiger partial charge in [0.1, 0.15) is 0 Å². The SMILES string of the molecule is Oc1ccc(CCNc2ncc(Br)cn2)cc1O. The molecule has 5 nitrogen and oxygen atoms in total. The second-order valence-corrected chi connectivity index (χ2v) is 4.64. The van der Waals surface area contributed by atoms with Crippen molar-refractivity contribution in [2.24, 2.45) is 0 Å². The fraction of sp³-hybridized carbons (Fsp3) is 0.167. The second-order valence-electron chi connectivity index (χ2n) is 3.72. The monoisotopic (exact) mass is 309 g/mol. The molecule has 0 fully saturated rings. The van der Waals surface area contributed by atoms with Gasteiger partial charge in [0.15, 0.2) is 11.5 Å². The highest BCUT2D eigenvalue weighted by molar-refractivity contribution is 9.10. The molecule has 6 heteroatoms. The Balaban J connectivity index is 1.88. The van der Waals surface area contributed by atoms with Gasteiger partial charge < -0.3 is 15.5 Å². The predicted molar refractivity (Wildman–Crippen MR) is 71.7 cm³/mol. The Bertz CT molecular complexity index is 531. The lowest BCUT2D eigenvalue weighted by Gasteiger charge is -2.05. The highest BCUT2D eigenvalue weighted by Gasteiger charge is 2.01. The van der Waals surface area contributed by atoms with Gasteiger partial charge in [-0.25, -0.2) is 9.97 Å². The van der Waals surface area contributed by atoms with E-state index in [4.69, 9.17) is 0 Å². The zero-order chi connectivity index (χ0) is 13.0. The lowest BCUT2D eigenvalue weighted by Crippen LogP contribution is -2.07. The van der Waals surface area contributed by atoms with Gasteiger partial charge in [0.05, 0.1) is 4.47 Å². The summed E-state index contributed by atoms with van der Waals surface area (Å²) >= 11 is 3.26. The molecule has 0 atom stereocenters. The largest absolute Gasteiger partial charge is 0.504 e. The molecule has 0 aliphatic carbocycles. The molecular formula is C12H12BrN3O2. The van der Waals surface area contributed by atoms with Crippen LogP contribution in [0.2, 0.25) is 0 Å². The third-order valence-corrected chi connectivity index (χ3v) is 2.77. The molecule has 0 amide bonds. The number of hydrogen-bond donors (Lipinski definition) is 3. The Morgan fingerprint density at radius 2 is 1.83 bits per heavy atom. The molecule has 18 heavy (non-hydrogen) atoms. The summed E-state index contributed by atoms with van der Waals surface area (Å²) in [6, 6.07) is 4.78. The molecule has 0 aliphatic heterocycles. The van der Waals surface area contributed by atoms with Crippen LogP contribution in [0.4, 0.5) is 5.95 Å². The van der Waals surface area contributed by atoms with E-state index < -0.39 is 0 Å². The van der Waals surface area contributed by atoms with Crippen LogP contribution in [0.15, 0.2) is 35.1 Å². The molecule has 0 saturated carbocycles. The number of hydrogen-bond acceptors (Lipinski definition) is 5. The van der Waals surface area contributed by atoms with Gasteiger partial charge in [0.2, 0.25) is 5.95 Å². The summed E-state index contributed by atoms with van der Waals surface area (Å²) in [4.78, 5) is 8.17. The number of anilines is 1. The molecule has 0 spiro atoms. The van der Waals surface area contributed by atoms with Crippen LogP contribution >= 0.6 is 15.9 Å². The minimum Gasteiger partial charge on any atom is -0.504 e. The zero-order valence-corrected chi connectivity index (χ0v) is 11.1. The predicted octanol–water partition coefficient (Wildman–Crippen LogP) is 2.30. The smallest absolute Gasteiger partial charge is 0.222 e. The van der Waals surface area contributed by atoms with E-state index in [1.54, 1.807) is 24.5 Å². The Kier molecular flexibility index (Phi) is 3.99. The molecule has 0 saturated heterocycles. The molecule has 2 rings (SSSR count). The molecule has 94 valence electrons. The fourth-order valence-corrected chi connectivity index (χ4v) is 1.65. The molecule has 0 radical (unpaired) electrons. The van der Waals surface area contributed by atoms with Crippen LogP contribution in [-0.2, 0) is 6.42 Å². The third-order valence-electron chi connectivity index (χ3n) is 2.36. The number of phenolic OH excluding ortho intramolecular Hbond substituents is 2. The number of aromatic hydroxyl groups is 2. The first kappa shape index (κ1) is 12.6. The summed E-state index contributed by atoms with van der Waals surface area (Å²) < 4.78 is 0.830. The Morgan fingerprint density at radius 1 is 1.11 bits per heavy atom. The highest BCUT2D eigenvalue weighted by Crippen LogP contribution is 2.24. The van der Waals surface area contributed by atoms with Gasteiger partial charge in [0.25, 0.3) is 0 Å². The van der Waals surface area contributed by atoms with Gasteiger partial charge in [0, 0.05) is 18.9 Å². The summed E-state index contributed by atoms with van der Waals surface area (Å²) in [6.07, 6.45) is 4.04. The van der Waals surface area contributed by atoms with Gasteiger partial charge in [-0.2, -0.15) is 0 Å². The molecule has 3 N–H and O–H groups in total. The number of phenols is 2. The standard InChI is InChI=1S/C12H12BrN3O2/c13-9-6-15-12(16-7-9)14-4-3-8-1-2-10(17)11(18)5-8/h1-2,5-7,17-18H,3-4H2,(H,14,15,16). The number of rotatable bonds is 4. The van der Waals surface area contributed by atoms with Crippen molar-refractivity contribution in [1.82, 2.24) is 9.97 Å². The van der Waals surface area contributed by atoms with Crippen molar-refractivity contribution in [3.8, 4) is 11.5 Å². The first-order valence-electron chi connectivity index (χ1n) is 5.37.